The summed E-state index contributed by atoms with van der Waals surface area (Å²) in [5.41, 5.74) is 2.68. The van der Waals surface area contributed by atoms with Crippen molar-refractivity contribution in [3.63, 3.8) is 0 Å². The molecule has 0 saturated carbocycles. The molecule has 0 saturated heterocycles. The van der Waals surface area contributed by atoms with Crippen LogP contribution < -0.4 is 0 Å². The van der Waals surface area contributed by atoms with Crippen LogP contribution in [-0.2, 0) is 10.3 Å². The van der Waals surface area contributed by atoms with Crippen LogP contribution in [0.2, 0.25) is 0 Å². The minimum absolute atomic E-state index is 0.203. The minimum Gasteiger partial charge on any atom is -0.396 e. The van der Waals surface area contributed by atoms with Gasteiger partial charge in [-0.05, 0) is 23.1 Å². The topological polar surface area (TPSA) is 29.5 Å². The van der Waals surface area contributed by atoms with Gasteiger partial charge in [0.15, 0.2) is 0 Å². The predicted molar refractivity (Wildman–Crippen MR) is 113 cm³/mol. The maximum atomic E-state index is 9.45. The molecular formula is C26H26O2. The Balaban J connectivity index is 1.78. The van der Waals surface area contributed by atoms with Gasteiger partial charge in [-0.25, -0.2) is 0 Å². The molecule has 2 heteroatoms. The van der Waals surface area contributed by atoms with Gasteiger partial charge < -0.3 is 9.84 Å². The van der Waals surface area contributed by atoms with Crippen LogP contribution in [0.25, 0.3) is 0 Å². The fourth-order valence-electron chi connectivity index (χ4n) is 4.12. The molecule has 3 aromatic carbocycles. The van der Waals surface area contributed by atoms with E-state index in [1.165, 1.54) is 0 Å². The van der Waals surface area contributed by atoms with Gasteiger partial charge >= 0.3 is 0 Å². The van der Waals surface area contributed by atoms with Gasteiger partial charge in [0.05, 0.1) is 6.61 Å². The third kappa shape index (κ3) is 3.66. The standard InChI is InChI=1S/C26H26O2/c27-19-21-16-17-22(18-21)20-28-26(23-10-4-1-5-11-23,24-12-6-2-7-13-24)25-14-8-3-9-15-25/h1-17,21-22,27H,18-20H2. The smallest absolute Gasteiger partial charge is 0.143 e. The Hall–Kier alpha value is -2.68. The maximum absolute atomic E-state index is 9.45. The van der Waals surface area contributed by atoms with Gasteiger partial charge in [-0.2, -0.15) is 0 Å². The molecule has 2 unspecified atom stereocenters. The number of ether oxygens (including phenoxy) is 1. The first-order valence-corrected chi connectivity index (χ1v) is 9.92. The van der Waals surface area contributed by atoms with Crippen molar-refractivity contribution in [3.05, 3.63) is 120 Å². The third-order valence-electron chi connectivity index (χ3n) is 5.55. The van der Waals surface area contributed by atoms with Crippen LogP contribution in [0.15, 0.2) is 103 Å². The van der Waals surface area contributed by atoms with E-state index >= 15 is 0 Å². The lowest BCUT2D eigenvalue weighted by Gasteiger charge is -2.36. The van der Waals surface area contributed by atoms with Crippen molar-refractivity contribution < 1.29 is 9.84 Å². The van der Waals surface area contributed by atoms with E-state index in [9.17, 15) is 5.11 Å². The highest BCUT2D eigenvalue weighted by molar-refractivity contribution is 5.47. The Kier molecular flexibility index (Phi) is 5.70. The molecule has 0 aromatic heterocycles. The van der Waals surface area contributed by atoms with E-state index in [1.807, 2.05) is 18.2 Å². The van der Waals surface area contributed by atoms with E-state index in [0.717, 1.165) is 23.1 Å². The molecule has 0 amide bonds. The van der Waals surface area contributed by atoms with E-state index in [1.54, 1.807) is 0 Å². The molecule has 1 aliphatic carbocycles. The fraction of sp³-hybridized carbons (Fsp3) is 0.231. The molecule has 0 heterocycles. The minimum atomic E-state index is -0.672. The van der Waals surface area contributed by atoms with Crippen LogP contribution in [0.4, 0.5) is 0 Å². The molecular weight excluding hydrogens is 344 g/mol. The third-order valence-corrected chi connectivity index (χ3v) is 5.55. The maximum Gasteiger partial charge on any atom is 0.143 e. The molecule has 2 atom stereocenters. The number of hydrogen-bond donors (Lipinski definition) is 1. The first-order chi connectivity index (χ1) is 13.8. The average molecular weight is 370 g/mol. The number of aliphatic hydroxyl groups excluding tert-OH is 1. The van der Waals surface area contributed by atoms with Gasteiger partial charge in [0, 0.05) is 18.4 Å². The molecule has 142 valence electrons. The Morgan fingerprint density at radius 3 is 1.50 bits per heavy atom. The molecule has 0 radical (unpaired) electrons. The number of hydrogen-bond acceptors (Lipinski definition) is 2. The molecule has 0 spiro atoms. The van der Waals surface area contributed by atoms with E-state index in [0.29, 0.717) is 12.5 Å². The van der Waals surface area contributed by atoms with Crippen molar-refractivity contribution in [2.45, 2.75) is 12.0 Å². The van der Waals surface area contributed by atoms with Gasteiger partial charge in [0.2, 0.25) is 0 Å². The quantitative estimate of drug-likeness (QED) is 0.459. The van der Waals surface area contributed by atoms with Crippen molar-refractivity contribution in [1.82, 2.24) is 0 Å². The SMILES string of the molecule is OCC1C=CC(COC(c2ccccc2)(c2ccccc2)c2ccccc2)C1. The molecule has 0 bridgehead atoms. The summed E-state index contributed by atoms with van der Waals surface area (Å²) < 4.78 is 6.83. The summed E-state index contributed by atoms with van der Waals surface area (Å²) in [5, 5.41) is 9.45. The number of aliphatic hydroxyl groups is 1. The van der Waals surface area contributed by atoms with Crippen LogP contribution in [0, 0.1) is 11.8 Å². The Morgan fingerprint density at radius 1 is 0.679 bits per heavy atom. The lowest BCUT2D eigenvalue weighted by molar-refractivity contribution is -0.00240. The molecule has 1 N–H and O–H groups in total. The van der Waals surface area contributed by atoms with Crippen LogP contribution in [-0.4, -0.2) is 18.3 Å². The van der Waals surface area contributed by atoms with Crippen molar-refractivity contribution in [2.75, 3.05) is 13.2 Å². The predicted octanol–water partition coefficient (Wildman–Crippen LogP) is 5.18. The van der Waals surface area contributed by atoms with Crippen LogP contribution in [0.1, 0.15) is 23.1 Å². The van der Waals surface area contributed by atoms with E-state index < -0.39 is 5.60 Å². The van der Waals surface area contributed by atoms with Gasteiger partial charge in [-0.1, -0.05) is 103 Å². The summed E-state index contributed by atoms with van der Waals surface area (Å²) in [7, 11) is 0. The summed E-state index contributed by atoms with van der Waals surface area (Å²) >= 11 is 0. The van der Waals surface area contributed by atoms with Gasteiger partial charge in [0.25, 0.3) is 0 Å². The highest BCUT2D eigenvalue weighted by Gasteiger charge is 2.38. The average Bonchev–Trinajstić information content (AvgIpc) is 3.25. The lowest BCUT2D eigenvalue weighted by atomic mass is 9.80. The summed E-state index contributed by atoms with van der Waals surface area (Å²) in [6.07, 6.45) is 5.24. The van der Waals surface area contributed by atoms with Gasteiger partial charge in [-0.3, -0.25) is 0 Å². The Bertz CT molecular complexity index is 791. The summed E-state index contributed by atoms with van der Waals surface area (Å²) in [5.74, 6) is 0.556. The second kappa shape index (κ2) is 8.55. The van der Waals surface area contributed by atoms with Gasteiger partial charge in [0.1, 0.15) is 5.60 Å². The first-order valence-electron chi connectivity index (χ1n) is 9.92. The van der Waals surface area contributed by atoms with Crippen LogP contribution in [0.3, 0.4) is 0 Å². The monoisotopic (exact) mass is 370 g/mol. The zero-order valence-electron chi connectivity index (χ0n) is 15.9. The molecule has 0 aliphatic heterocycles. The van der Waals surface area contributed by atoms with Crippen LogP contribution in [0.5, 0.6) is 0 Å². The zero-order chi connectivity index (χ0) is 19.2. The van der Waals surface area contributed by atoms with Crippen molar-refractivity contribution in [1.29, 1.82) is 0 Å². The summed E-state index contributed by atoms with van der Waals surface area (Å²) in [4.78, 5) is 0. The molecule has 28 heavy (non-hydrogen) atoms. The Morgan fingerprint density at radius 2 is 1.11 bits per heavy atom. The second-order valence-corrected chi connectivity index (χ2v) is 7.41. The molecule has 4 rings (SSSR count). The van der Waals surface area contributed by atoms with Crippen molar-refractivity contribution in [3.8, 4) is 0 Å². The van der Waals surface area contributed by atoms with Crippen LogP contribution >= 0.6 is 0 Å². The normalized spacial score (nSPS) is 19.0. The van der Waals surface area contributed by atoms with E-state index in [2.05, 4.69) is 84.9 Å². The molecule has 2 nitrogen and oxygen atoms in total. The Labute approximate surface area is 167 Å². The zero-order valence-corrected chi connectivity index (χ0v) is 15.9. The van der Waals surface area contributed by atoms with Crippen molar-refractivity contribution in [2.24, 2.45) is 11.8 Å². The number of benzene rings is 3. The first kappa shape index (κ1) is 18.7. The molecule has 1 aliphatic rings. The highest BCUT2D eigenvalue weighted by Crippen LogP contribution is 2.41. The number of rotatable bonds is 7. The second-order valence-electron chi connectivity index (χ2n) is 7.41. The van der Waals surface area contributed by atoms with E-state index in [-0.39, 0.29) is 12.5 Å². The fourth-order valence-corrected chi connectivity index (χ4v) is 4.12. The van der Waals surface area contributed by atoms with Gasteiger partial charge in [-0.15, -0.1) is 0 Å². The summed E-state index contributed by atoms with van der Waals surface area (Å²) in [6.45, 7) is 0.805. The lowest BCUT2D eigenvalue weighted by Crippen LogP contribution is -2.34. The molecule has 3 aromatic rings. The van der Waals surface area contributed by atoms with E-state index in [4.69, 9.17) is 4.74 Å². The molecule has 0 fully saturated rings. The largest absolute Gasteiger partial charge is 0.396 e. The summed E-state index contributed by atoms with van der Waals surface area (Å²) in [6, 6.07) is 31.3. The highest BCUT2D eigenvalue weighted by atomic mass is 16.5. The van der Waals surface area contributed by atoms with Crippen molar-refractivity contribution >= 4 is 0 Å².